The molecule has 1 aromatic carbocycles. The Morgan fingerprint density at radius 1 is 1.26 bits per heavy atom. The second-order valence-electron chi connectivity index (χ2n) is 6.00. The Kier molecular flexibility index (Phi) is 5.61. The van der Waals surface area contributed by atoms with Gasteiger partial charge >= 0.3 is 0 Å². The van der Waals surface area contributed by atoms with Gasteiger partial charge in [0.15, 0.2) is 11.5 Å². The monoisotopic (exact) mass is 365 g/mol. The SMILES string of the molecule is CC(c1ccccn1)N(C)C(=O)c1cc(COc2cccc(C=O)c2)on1. The van der Waals surface area contributed by atoms with Crippen LogP contribution in [0.2, 0.25) is 0 Å². The Hall–Kier alpha value is -3.48. The zero-order chi connectivity index (χ0) is 19.2. The average Bonchev–Trinajstić information content (AvgIpc) is 3.20. The van der Waals surface area contributed by atoms with Crippen molar-refractivity contribution in [3.05, 3.63) is 77.4 Å². The molecule has 2 heterocycles. The molecule has 0 fully saturated rings. The Balaban J connectivity index is 1.64. The molecule has 7 nitrogen and oxygen atoms in total. The van der Waals surface area contributed by atoms with Crippen LogP contribution in [0.15, 0.2) is 59.3 Å². The lowest BCUT2D eigenvalue weighted by Crippen LogP contribution is -2.30. The molecule has 138 valence electrons. The van der Waals surface area contributed by atoms with Crippen LogP contribution in [-0.4, -0.2) is 34.3 Å². The summed E-state index contributed by atoms with van der Waals surface area (Å²) in [4.78, 5) is 29.3. The maximum absolute atomic E-state index is 12.6. The summed E-state index contributed by atoms with van der Waals surface area (Å²) < 4.78 is 10.8. The largest absolute Gasteiger partial charge is 0.486 e. The predicted molar refractivity (Wildman–Crippen MR) is 97.4 cm³/mol. The summed E-state index contributed by atoms with van der Waals surface area (Å²) in [6.45, 7) is 1.99. The highest BCUT2D eigenvalue weighted by molar-refractivity contribution is 5.92. The first-order chi connectivity index (χ1) is 13.1. The molecule has 0 N–H and O–H groups in total. The molecule has 1 atom stereocenters. The molecule has 0 aliphatic rings. The molecule has 0 radical (unpaired) electrons. The fourth-order valence-electron chi connectivity index (χ4n) is 2.49. The second-order valence-corrected chi connectivity index (χ2v) is 6.00. The van der Waals surface area contributed by atoms with Crippen LogP contribution in [0.5, 0.6) is 5.75 Å². The van der Waals surface area contributed by atoms with E-state index in [9.17, 15) is 9.59 Å². The fourth-order valence-corrected chi connectivity index (χ4v) is 2.49. The lowest BCUT2D eigenvalue weighted by Gasteiger charge is -2.23. The quantitative estimate of drug-likeness (QED) is 0.597. The number of hydrogen-bond acceptors (Lipinski definition) is 6. The van der Waals surface area contributed by atoms with Crippen LogP contribution in [0.3, 0.4) is 0 Å². The summed E-state index contributed by atoms with van der Waals surface area (Å²) in [5.74, 6) is 0.671. The number of carbonyl (C=O) groups excluding carboxylic acids is 2. The number of aromatic nitrogens is 2. The lowest BCUT2D eigenvalue weighted by atomic mass is 10.2. The number of pyridine rings is 1. The molecule has 0 spiro atoms. The van der Waals surface area contributed by atoms with E-state index in [1.165, 1.54) is 0 Å². The number of carbonyl (C=O) groups is 2. The van der Waals surface area contributed by atoms with Gasteiger partial charge in [0.1, 0.15) is 18.6 Å². The van der Waals surface area contributed by atoms with E-state index in [1.54, 1.807) is 48.5 Å². The first kappa shape index (κ1) is 18.3. The molecular formula is C20H19N3O4. The Morgan fingerprint density at radius 3 is 2.85 bits per heavy atom. The van der Waals surface area contributed by atoms with Gasteiger partial charge in [0.2, 0.25) is 0 Å². The molecule has 7 heteroatoms. The molecule has 1 unspecified atom stereocenters. The third-order valence-corrected chi connectivity index (χ3v) is 4.17. The Bertz CT molecular complexity index is 924. The van der Waals surface area contributed by atoms with Crippen molar-refractivity contribution in [2.45, 2.75) is 19.6 Å². The number of rotatable bonds is 7. The van der Waals surface area contributed by atoms with Crippen molar-refractivity contribution in [3.63, 3.8) is 0 Å². The molecule has 0 saturated carbocycles. The Morgan fingerprint density at radius 2 is 2.11 bits per heavy atom. The van der Waals surface area contributed by atoms with Crippen LogP contribution in [0.4, 0.5) is 0 Å². The van der Waals surface area contributed by atoms with E-state index in [0.717, 1.165) is 12.0 Å². The molecule has 1 amide bonds. The van der Waals surface area contributed by atoms with Gasteiger partial charge in [0, 0.05) is 24.9 Å². The molecule has 3 aromatic rings. The highest BCUT2D eigenvalue weighted by Gasteiger charge is 2.22. The minimum absolute atomic E-state index is 0.0993. The molecule has 0 aliphatic carbocycles. The van der Waals surface area contributed by atoms with E-state index in [1.807, 2.05) is 25.1 Å². The topological polar surface area (TPSA) is 85.5 Å². The normalized spacial score (nSPS) is 11.6. The lowest BCUT2D eigenvalue weighted by molar-refractivity contribution is 0.0729. The molecule has 0 bridgehead atoms. The highest BCUT2D eigenvalue weighted by atomic mass is 16.5. The summed E-state index contributed by atoms with van der Waals surface area (Å²) in [6.07, 6.45) is 2.44. The van der Waals surface area contributed by atoms with Crippen LogP contribution in [0.1, 0.15) is 45.3 Å². The van der Waals surface area contributed by atoms with Gasteiger partial charge < -0.3 is 14.2 Å². The zero-order valence-electron chi connectivity index (χ0n) is 15.0. The first-order valence-electron chi connectivity index (χ1n) is 8.40. The predicted octanol–water partition coefficient (Wildman–Crippen LogP) is 3.29. The fraction of sp³-hybridized carbons (Fsp3) is 0.200. The van der Waals surface area contributed by atoms with Gasteiger partial charge in [-0.15, -0.1) is 0 Å². The van der Waals surface area contributed by atoms with Gasteiger partial charge in [-0.05, 0) is 31.2 Å². The maximum Gasteiger partial charge on any atom is 0.276 e. The summed E-state index contributed by atoms with van der Waals surface area (Å²) in [5.41, 5.74) is 1.50. The molecule has 0 aliphatic heterocycles. The Labute approximate surface area is 156 Å². The van der Waals surface area contributed by atoms with Crippen molar-refractivity contribution in [2.24, 2.45) is 0 Å². The van der Waals surface area contributed by atoms with E-state index in [-0.39, 0.29) is 24.2 Å². The second kappa shape index (κ2) is 8.27. The number of nitrogens with zero attached hydrogens (tertiary/aromatic N) is 3. The van der Waals surface area contributed by atoms with E-state index >= 15 is 0 Å². The number of ether oxygens (including phenoxy) is 1. The average molecular weight is 365 g/mol. The number of aldehydes is 1. The van der Waals surface area contributed by atoms with Crippen molar-refractivity contribution < 1.29 is 18.8 Å². The van der Waals surface area contributed by atoms with Crippen LogP contribution in [-0.2, 0) is 6.61 Å². The maximum atomic E-state index is 12.6. The highest BCUT2D eigenvalue weighted by Crippen LogP contribution is 2.19. The van der Waals surface area contributed by atoms with Crippen molar-refractivity contribution >= 4 is 12.2 Å². The van der Waals surface area contributed by atoms with Gasteiger partial charge in [0.25, 0.3) is 5.91 Å². The van der Waals surface area contributed by atoms with Crippen molar-refractivity contribution in [1.82, 2.24) is 15.0 Å². The number of amides is 1. The van der Waals surface area contributed by atoms with E-state index in [4.69, 9.17) is 9.26 Å². The summed E-state index contributed by atoms with van der Waals surface area (Å²) >= 11 is 0. The van der Waals surface area contributed by atoms with Crippen LogP contribution < -0.4 is 4.74 Å². The van der Waals surface area contributed by atoms with Gasteiger partial charge in [-0.1, -0.05) is 23.4 Å². The van der Waals surface area contributed by atoms with E-state index < -0.39 is 0 Å². The summed E-state index contributed by atoms with van der Waals surface area (Å²) in [5, 5.41) is 3.84. The number of hydrogen-bond donors (Lipinski definition) is 0. The minimum Gasteiger partial charge on any atom is -0.486 e. The van der Waals surface area contributed by atoms with Crippen LogP contribution in [0, 0.1) is 0 Å². The van der Waals surface area contributed by atoms with Gasteiger partial charge in [-0.2, -0.15) is 0 Å². The zero-order valence-corrected chi connectivity index (χ0v) is 15.0. The van der Waals surface area contributed by atoms with Crippen LogP contribution in [0.25, 0.3) is 0 Å². The van der Waals surface area contributed by atoms with Gasteiger partial charge in [-0.25, -0.2) is 0 Å². The molecule has 27 heavy (non-hydrogen) atoms. The molecular weight excluding hydrogens is 346 g/mol. The summed E-state index contributed by atoms with van der Waals surface area (Å²) in [7, 11) is 1.69. The van der Waals surface area contributed by atoms with Gasteiger partial charge in [0.05, 0.1) is 11.7 Å². The van der Waals surface area contributed by atoms with Crippen molar-refractivity contribution in [3.8, 4) is 5.75 Å². The summed E-state index contributed by atoms with van der Waals surface area (Å²) in [6, 6.07) is 13.7. The standard InChI is InChI=1S/C20H19N3O4/c1-14(18-8-3-4-9-21-18)23(2)20(25)19-11-17(27-22-19)13-26-16-7-5-6-15(10-16)12-24/h3-12,14H,13H2,1-2H3. The van der Waals surface area contributed by atoms with E-state index in [0.29, 0.717) is 17.1 Å². The van der Waals surface area contributed by atoms with E-state index in [2.05, 4.69) is 10.1 Å². The number of benzene rings is 1. The third kappa shape index (κ3) is 4.38. The van der Waals surface area contributed by atoms with Crippen molar-refractivity contribution in [1.29, 1.82) is 0 Å². The smallest absolute Gasteiger partial charge is 0.276 e. The molecule has 3 rings (SSSR count). The third-order valence-electron chi connectivity index (χ3n) is 4.17. The molecule has 2 aromatic heterocycles. The first-order valence-corrected chi connectivity index (χ1v) is 8.40. The van der Waals surface area contributed by atoms with Crippen LogP contribution >= 0.6 is 0 Å². The van der Waals surface area contributed by atoms with Gasteiger partial charge in [-0.3, -0.25) is 14.6 Å². The minimum atomic E-state index is -0.272. The van der Waals surface area contributed by atoms with Crippen molar-refractivity contribution in [2.75, 3.05) is 7.05 Å². The molecule has 0 saturated heterocycles.